The number of carbonyl (C=O) groups is 1. The summed E-state index contributed by atoms with van der Waals surface area (Å²) in [7, 11) is 0. The van der Waals surface area contributed by atoms with E-state index >= 15 is 0 Å². The molecule has 2 N–H and O–H groups in total. The van der Waals surface area contributed by atoms with Gasteiger partial charge in [0.1, 0.15) is 0 Å². The predicted molar refractivity (Wildman–Crippen MR) is 67.8 cm³/mol. The Morgan fingerprint density at radius 3 is 2.47 bits per heavy atom. The average molecular weight is 243 g/mol. The lowest BCUT2D eigenvalue weighted by molar-refractivity contribution is -0.137. The van der Waals surface area contributed by atoms with Gasteiger partial charge in [0, 0.05) is 25.2 Å². The van der Waals surface area contributed by atoms with Crippen molar-refractivity contribution in [3.05, 3.63) is 0 Å². The second-order valence-electron chi connectivity index (χ2n) is 5.02. The minimum absolute atomic E-state index is 0.128. The van der Waals surface area contributed by atoms with Crippen LogP contribution >= 0.6 is 0 Å². The van der Waals surface area contributed by atoms with E-state index in [4.69, 9.17) is 10.5 Å². The summed E-state index contributed by atoms with van der Waals surface area (Å²) < 4.78 is 5.24. The molecule has 1 aliphatic heterocycles. The number of nitrogens with two attached hydrogens (primary N) is 1. The van der Waals surface area contributed by atoms with Crippen LogP contribution in [0.25, 0.3) is 0 Å². The number of hydrogen-bond donors (Lipinski definition) is 1. The first-order valence-electron chi connectivity index (χ1n) is 6.32. The number of ether oxygens (including phenoxy) is 1. The normalized spacial score (nSPS) is 17.6. The van der Waals surface area contributed by atoms with Crippen molar-refractivity contribution in [3.63, 3.8) is 0 Å². The third kappa shape index (κ3) is 3.94. The van der Waals surface area contributed by atoms with Crippen LogP contribution in [0, 0.1) is 0 Å². The number of amides is 1. The van der Waals surface area contributed by atoms with Gasteiger partial charge in [0.05, 0.1) is 19.8 Å². The van der Waals surface area contributed by atoms with Gasteiger partial charge in [-0.3, -0.25) is 9.69 Å². The van der Waals surface area contributed by atoms with E-state index in [1.54, 1.807) is 0 Å². The fourth-order valence-electron chi connectivity index (χ4n) is 1.96. The van der Waals surface area contributed by atoms with Crippen molar-refractivity contribution in [3.8, 4) is 0 Å². The van der Waals surface area contributed by atoms with Crippen LogP contribution in [0.2, 0.25) is 0 Å². The summed E-state index contributed by atoms with van der Waals surface area (Å²) in [5.41, 5.74) is 5.62. The van der Waals surface area contributed by atoms with Crippen LogP contribution in [0.1, 0.15) is 20.8 Å². The Hall–Kier alpha value is -0.650. The molecule has 0 saturated carbocycles. The largest absolute Gasteiger partial charge is 0.378 e. The van der Waals surface area contributed by atoms with Crippen molar-refractivity contribution in [2.24, 2.45) is 5.73 Å². The molecule has 100 valence electrons. The zero-order chi connectivity index (χ0) is 12.9. The molecule has 1 heterocycles. The van der Waals surface area contributed by atoms with Crippen LogP contribution < -0.4 is 5.73 Å². The quantitative estimate of drug-likeness (QED) is 0.733. The minimum atomic E-state index is -0.128. The Labute approximate surface area is 104 Å². The summed E-state index contributed by atoms with van der Waals surface area (Å²) in [4.78, 5) is 16.1. The number of nitrogens with zero attached hydrogens (tertiary/aromatic N) is 2. The zero-order valence-corrected chi connectivity index (χ0v) is 11.2. The number of hydrogen-bond acceptors (Lipinski definition) is 4. The van der Waals surface area contributed by atoms with Crippen LogP contribution in [0.3, 0.4) is 0 Å². The van der Waals surface area contributed by atoms with Crippen molar-refractivity contribution in [1.29, 1.82) is 0 Å². The van der Waals surface area contributed by atoms with Crippen molar-refractivity contribution in [1.82, 2.24) is 9.80 Å². The first-order valence-corrected chi connectivity index (χ1v) is 6.32. The second kappa shape index (κ2) is 6.33. The van der Waals surface area contributed by atoms with Crippen LogP contribution in [0.5, 0.6) is 0 Å². The van der Waals surface area contributed by atoms with Crippen molar-refractivity contribution in [2.45, 2.75) is 26.3 Å². The molecule has 0 aromatic carbocycles. The highest BCUT2D eigenvalue weighted by molar-refractivity contribution is 5.78. The smallest absolute Gasteiger partial charge is 0.236 e. The second-order valence-corrected chi connectivity index (χ2v) is 5.02. The average Bonchev–Trinajstić information content (AvgIpc) is 2.36. The number of morpholine rings is 1. The van der Waals surface area contributed by atoms with Crippen molar-refractivity contribution >= 4 is 5.91 Å². The van der Waals surface area contributed by atoms with Crippen LogP contribution in [-0.4, -0.2) is 67.2 Å². The van der Waals surface area contributed by atoms with Gasteiger partial charge in [-0.15, -0.1) is 0 Å². The fourth-order valence-corrected chi connectivity index (χ4v) is 1.96. The maximum absolute atomic E-state index is 12.1. The van der Waals surface area contributed by atoms with Gasteiger partial charge in [-0.1, -0.05) is 6.92 Å². The molecule has 1 aliphatic rings. The number of carbonyl (C=O) groups excluding carboxylic acids is 1. The van der Waals surface area contributed by atoms with E-state index in [0.717, 1.165) is 6.54 Å². The van der Waals surface area contributed by atoms with Gasteiger partial charge in [-0.05, 0) is 20.4 Å². The highest BCUT2D eigenvalue weighted by atomic mass is 16.5. The van der Waals surface area contributed by atoms with Crippen LogP contribution in [0.15, 0.2) is 0 Å². The van der Waals surface area contributed by atoms with E-state index in [1.165, 1.54) is 0 Å². The van der Waals surface area contributed by atoms with Gasteiger partial charge in [-0.2, -0.15) is 0 Å². The van der Waals surface area contributed by atoms with Gasteiger partial charge < -0.3 is 15.4 Å². The molecule has 1 fully saturated rings. The monoisotopic (exact) mass is 243 g/mol. The first kappa shape index (κ1) is 14.4. The summed E-state index contributed by atoms with van der Waals surface area (Å²) in [6, 6.07) is 0. The molecule has 5 nitrogen and oxygen atoms in total. The zero-order valence-electron chi connectivity index (χ0n) is 11.2. The molecule has 5 heteroatoms. The molecule has 1 saturated heterocycles. The topological polar surface area (TPSA) is 58.8 Å². The molecular weight excluding hydrogens is 218 g/mol. The molecule has 0 aliphatic carbocycles. The van der Waals surface area contributed by atoms with E-state index in [1.807, 2.05) is 4.90 Å². The molecular formula is C12H25N3O2. The molecule has 1 rings (SSSR count). The lowest BCUT2D eigenvalue weighted by Crippen LogP contribution is -2.54. The highest BCUT2D eigenvalue weighted by Gasteiger charge is 2.27. The van der Waals surface area contributed by atoms with Crippen LogP contribution in [-0.2, 0) is 9.53 Å². The van der Waals surface area contributed by atoms with Crippen molar-refractivity contribution in [2.75, 3.05) is 45.9 Å². The maximum atomic E-state index is 12.1. The molecule has 17 heavy (non-hydrogen) atoms. The molecule has 0 unspecified atom stereocenters. The predicted octanol–water partition coefficient (Wildman–Crippen LogP) is -0.0956. The molecule has 0 bridgehead atoms. The van der Waals surface area contributed by atoms with Gasteiger partial charge in [0.15, 0.2) is 0 Å². The number of rotatable bonds is 5. The SMILES string of the molecule is CCN(CC(=O)N1CCOCC1)C(C)(C)CN. The highest BCUT2D eigenvalue weighted by Crippen LogP contribution is 2.12. The third-order valence-electron chi connectivity index (χ3n) is 3.43. The third-order valence-corrected chi connectivity index (χ3v) is 3.43. The van der Waals surface area contributed by atoms with Gasteiger partial charge in [-0.25, -0.2) is 0 Å². The molecule has 0 aromatic rings. The molecule has 0 atom stereocenters. The number of likely N-dealkylation sites (N-methyl/N-ethyl adjacent to an activating group) is 1. The lowest BCUT2D eigenvalue weighted by atomic mass is 10.0. The Kier molecular flexibility index (Phi) is 5.36. The molecule has 0 radical (unpaired) electrons. The van der Waals surface area contributed by atoms with E-state index in [0.29, 0.717) is 39.4 Å². The molecule has 0 aromatic heterocycles. The minimum Gasteiger partial charge on any atom is -0.378 e. The van der Waals surface area contributed by atoms with Gasteiger partial charge >= 0.3 is 0 Å². The summed E-state index contributed by atoms with van der Waals surface area (Å²) in [6.45, 7) is 10.8. The summed E-state index contributed by atoms with van der Waals surface area (Å²) >= 11 is 0. The Morgan fingerprint density at radius 2 is 2.00 bits per heavy atom. The summed E-state index contributed by atoms with van der Waals surface area (Å²) in [5, 5.41) is 0. The fraction of sp³-hybridized carbons (Fsp3) is 0.917. The summed E-state index contributed by atoms with van der Waals surface area (Å²) in [6.07, 6.45) is 0. The summed E-state index contributed by atoms with van der Waals surface area (Å²) in [5.74, 6) is 0.177. The van der Waals surface area contributed by atoms with E-state index < -0.39 is 0 Å². The molecule has 1 amide bonds. The standard InChI is InChI=1S/C12H25N3O2/c1-4-15(12(2,3)10-13)9-11(16)14-5-7-17-8-6-14/h4-10,13H2,1-3H3. The maximum Gasteiger partial charge on any atom is 0.236 e. The van der Waals surface area contributed by atoms with Crippen LogP contribution in [0.4, 0.5) is 0 Å². The van der Waals surface area contributed by atoms with Gasteiger partial charge in [0.2, 0.25) is 5.91 Å². The van der Waals surface area contributed by atoms with Crippen molar-refractivity contribution < 1.29 is 9.53 Å². The molecule has 0 spiro atoms. The van der Waals surface area contributed by atoms with E-state index in [9.17, 15) is 4.79 Å². The Bertz CT molecular complexity index is 250. The first-order chi connectivity index (χ1) is 8.01. The lowest BCUT2D eigenvalue weighted by Gasteiger charge is -2.38. The Balaban J connectivity index is 2.52. The van der Waals surface area contributed by atoms with Gasteiger partial charge in [0.25, 0.3) is 0 Å². The van der Waals surface area contributed by atoms with E-state index in [-0.39, 0.29) is 11.4 Å². The van der Waals surface area contributed by atoms with E-state index in [2.05, 4.69) is 25.7 Å². The Morgan fingerprint density at radius 1 is 1.41 bits per heavy atom.